The van der Waals surface area contributed by atoms with Crippen LogP contribution >= 0.6 is 11.6 Å². The zero-order valence-electron chi connectivity index (χ0n) is 18.0. The van der Waals surface area contributed by atoms with E-state index < -0.39 is 0 Å². The summed E-state index contributed by atoms with van der Waals surface area (Å²) in [5.41, 5.74) is 6.96. The molecule has 0 aliphatic heterocycles. The Hall–Kier alpha value is -2.65. The molecule has 0 heterocycles. The van der Waals surface area contributed by atoms with Gasteiger partial charge in [-0.25, -0.2) is 0 Å². The van der Waals surface area contributed by atoms with E-state index in [4.69, 9.17) is 25.8 Å². The normalized spacial score (nSPS) is 20.0. The monoisotopic (exact) mass is 422 g/mol. The molecule has 3 aromatic carbocycles. The smallest absolute Gasteiger partial charge is 0.123 e. The van der Waals surface area contributed by atoms with Crippen molar-refractivity contribution in [2.45, 2.75) is 31.1 Å². The number of hydrogen-bond acceptors (Lipinski definition) is 3. The molecule has 0 amide bonds. The SMILES string of the molecule is COc1ccc([C@H]2c3c(OC)cc(C)cc3[C@@H](Cl)[C@@H]2c2cc(C)cc(OC)c2)cc1. The van der Waals surface area contributed by atoms with E-state index in [1.807, 2.05) is 18.2 Å². The fourth-order valence-electron chi connectivity index (χ4n) is 4.70. The van der Waals surface area contributed by atoms with E-state index in [2.05, 4.69) is 50.2 Å². The molecule has 0 spiro atoms. The number of halogens is 1. The third kappa shape index (κ3) is 3.52. The number of hydrogen-bond donors (Lipinski definition) is 0. The van der Waals surface area contributed by atoms with E-state index in [0.717, 1.165) is 33.9 Å². The zero-order valence-corrected chi connectivity index (χ0v) is 18.8. The minimum atomic E-state index is -0.174. The fraction of sp³-hybridized carbons (Fsp3) is 0.308. The second-order valence-corrected chi connectivity index (χ2v) is 8.40. The highest BCUT2D eigenvalue weighted by Crippen LogP contribution is 2.59. The minimum absolute atomic E-state index is 0.0551. The lowest BCUT2D eigenvalue weighted by molar-refractivity contribution is 0.406. The molecule has 1 aliphatic rings. The lowest BCUT2D eigenvalue weighted by Crippen LogP contribution is -2.10. The number of fused-ring (bicyclic) bond motifs is 1. The van der Waals surface area contributed by atoms with Gasteiger partial charge in [-0.3, -0.25) is 0 Å². The Kier molecular flexibility index (Phi) is 5.66. The van der Waals surface area contributed by atoms with Gasteiger partial charge in [-0.05, 0) is 72.0 Å². The quantitative estimate of drug-likeness (QED) is 0.437. The van der Waals surface area contributed by atoms with Crippen LogP contribution in [0.3, 0.4) is 0 Å². The van der Waals surface area contributed by atoms with Gasteiger partial charge in [-0.2, -0.15) is 0 Å². The van der Waals surface area contributed by atoms with Crippen molar-refractivity contribution in [3.8, 4) is 17.2 Å². The van der Waals surface area contributed by atoms with Crippen LogP contribution in [-0.4, -0.2) is 21.3 Å². The van der Waals surface area contributed by atoms with Crippen LogP contribution in [0.25, 0.3) is 0 Å². The fourth-order valence-corrected chi connectivity index (χ4v) is 5.17. The first-order chi connectivity index (χ1) is 14.5. The predicted molar refractivity (Wildman–Crippen MR) is 122 cm³/mol. The Balaban J connectivity index is 1.94. The first-order valence-electron chi connectivity index (χ1n) is 10.1. The molecule has 3 nitrogen and oxygen atoms in total. The van der Waals surface area contributed by atoms with Crippen LogP contribution < -0.4 is 14.2 Å². The molecule has 0 N–H and O–H groups in total. The lowest BCUT2D eigenvalue weighted by atomic mass is 9.81. The van der Waals surface area contributed by atoms with E-state index in [1.54, 1.807) is 21.3 Å². The summed E-state index contributed by atoms with van der Waals surface area (Å²) in [5.74, 6) is 2.69. The molecule has 3 atom stereocenters. The molecular formula is C26H27ClO3. The highest BCUT2D eigenvalue weighted by Gasteiger charge is 2.43. The standard InChI is InChI=1S/C26H27ClO3/c1-15-10-18(14-20(11-15)29-4)24-23(17-6-8-19(28-3)9-7-17)25-21(26(24)27)12-16(2)13-22(25)30-5/h6-14,23-24,26H,1-5H3/t23-,24-,26-/m1/s1. The molecule has 0 unspecified atom stereocenters. The molecule has 0 saturated heterocycles. The van der Waals surface area contributed by atoms with Gasteiger partial charge in [-0.15, -0.1) is 11.6 Å². The van der Waals surface area contributed by atoms with Crippen molar-refractivity contribution in [1.29, 1.82) is 0 Å². The van der Waals surface area contributed by atoms with Crippen molar-refractivity contribution in [2.24, 2.45) is 0 Å². The molecule has 3 aromatic rings. The van der Waals surface area contributed by atoms with Crippen LogP contribution in [0.1, 0.15) is 50.6 Å². The summed E-state index contributed by atoms with van der Waals surface area (Å²) >= 11 is 7.17. The molecule has 0 aromatic heterocycles. The van der Waals surface area contributed by atoms with Crippen molar-refractivity contribution in [1.82, 2.24) is 0 Å². The van der Waals surface area contributed by atoms with Crippen LogP contribution in [-0.2, 0) is 0 Å². The number of methoxy groups -OCH3 is 3. The molecule has 4 rings (SSSR count). The molecule has 1 aliphatic carbocycles. The van der Waals surface area contributed by atoms with Crippen molar-refractivity contribution in [2.75, 3.05) is 21.3 Å². The number of alkyl halides is 1. The maximum atomic E-state index is 7.17. The number of benzene rings is 3. The van der Waals surface area contributed by atoms with Crippen molar-refractivity contribution < 1.29 is 14.2 Å². The lowest BCUT2D eigenvalue weighted by Gasteiger charge is -2.25. The van der Waals surface area contributed by atoms with Gasteiger partial charge < -0.3 is 14.2 Å². The Morgan fingerprint density at radius 1 is 0.700 bits per heavy atom. The highest BCUT2D eigenvalue weighted by atomic mass is 35.5. The molecule has 0 saturated carbocycles. The van der Waals surface area contributed by atoms with Gasteiger partial charge >= 0.3 is 0 Å². The van der Waals surface area contributed by atoms with E-state index >= 15 is 0 Å². The molecule has 4 heteroatoms. The average Bonchev–Trinajstić information content (AvgIpc) is 3.05. The first-order valence-corrected chi connectivity index (χ1v) is 10.5. The Morgan fingerprint density at radius 3 is 2.00 bits per heavy atom. The molecule has 156 valence electrons. The topological polar surface area (TPSA) is 27.7 Å². The van der Waals surface area contributed by atoms with E-state index in [1.165, 1.54) is 16.7 Å². The summed E-state index contributed by atoms with van der Waals surface area (Å²) in [6.07, 6.45) is 0. The molecular weight excluding hydrogens is 396 g/mol. The predicted octanol–water partition coefficient (Wildman–Crippen LogP) is 6.54. The largest absolute Gasteiger partial charge is 0.497 e. The zero-order chi connectivity index (χ0) is 21.4. The van der Waals surface area contributed by atoms with Crippen LogP contribution in [0.5, 0.6) is 17.2 Å². The summed E-state index contributed by atoms with van der Waals surface area (Å²) < 4.78 is 16.8. The van der Waals surface area contributed by atoms with E-state index in [9.17, 15) is 0 Å². The maximum absolute atomic E-state index is 7.17. The van der Waals surface area contributed by atoms with Crippen molar-refractivity contribution in [3.63, 3.8) is 0 Å². The second-order valence-electron chi connectivity index (χ2n) is 7.93. The maximum Gasteiger partial charge on any atom is 0.123 e. The summed E-state index contributed by atoms with van der Waals surface area (Å²) in [7, 11) is 5.11. The van der Waals surface area contributed by atoms with Gasteiger partial charge in [0.1, 0.15) is 17.2 Å². The Labute approximate surface area is 183 Å². The van der Waals surface area contributed by atoms with Crippen molar-refractivity contribution in [3.05, 3.63) is 88.0 Å². The third-order valence-corrected chi connectivity index (χ3v) is 6.50. The molecule has 30 heavy (non-hydrogen) atoms. The van der Waals surface area contributed by atoms with Gasteiger partial charge in [0.2, 0.25) is 0 Å². The average molecular weight is 423 g/mol. The van der Waals surface area contributed by atoms with E-state index in [-0.39, 0.29) is 17.2 Å². The Bertz CT molecular complexity index is 1060. The van der Waals surface area contributed by atoms with Crippen LogP contribution in [0.15, 0.2) is 54.6 Å². The van der Waals surface area contributed by atoms with E-state index in [0.29, 0.717) is 0 Å². The van der Waals surface area contributed by atoms with Gasteiger partial charge in [-0.1, -0.05) is 24.3 Å². The van der Waals surface area contributed by atoms with Crippen molar-refractivity contribution >= 4 is 11.6 Å². The number of rotatable bonds is 5. The van der Waals surface area contributed by atoms with Crippen LogP contribution in [0.4, 0.5) is 0 Å². The van der Waals surface area contributed by atoms with Crippen LogP contribution in [0.2, 0.25) is 0 Å². The summed E-state index contributed by atoms with van der Waals surface area (Å²) in [6.45, 7) is 4.17. The van der Waals surface area contributed by atoms with Crippen LogP contribution in [0, 0.1) is 13.8 Å². The highest BCUT2D eigenvalue weighted by molar-refractivity contribution is 6.22. The third-order valence-electron chi connectivity index (χ3n) is 5.99. The minimum Gasteiger partial charge on any atom is -0.497 e. The Morgan fingerprint density at radius 2 is 1.37 bits per heavy atom. The van der Waals surface area contributed by atoms with Gasteiger partial charge in [0, 0.05) is 17.4 Å². The summed E-state index contributed by atoms with van der Waals surface area (Å²) in [5, 5.41) is -0.174. The van der Waals surface area contributed by atoms with Gasteiger partial charge in [0.05, 0.1) is 26.7 Å². The summed E-state index contributed by atoms with van der Waals surface area (Å²) in [4.78, 5) is 0. The molecule has 0 radical (unpaired) electrons. The molecule has 0 bridgehead atoms. The second kappa shape index (κ2) is 8.23. The first kappa shape index (κ1) is 20.6. The number of ether oxygens (including phenoxy) is 3. The van der Waals surface area contributed by atoms with Gasteiger partial charge in [0.15, 0.2) is 0 Å². The molecule has 0 fully saturated rings. The summed E-state index contributed by atoms with van der Waals surface area (Å²) in [6, 6.07) is 18.9. The number of aryl methyl sites for hydroxylation is 2. The van der Waals surface area contributed by atoms with Gasteiger partial charge in [0.25, 0.3) is 0 Å².